The zero-order valence-electron chi connectivity index (χ0n) is 10.2. The Balaban J connectivity index is 2.13. The van der Waals surface area contributed by atoms with E-state index in [-0.39, 0.29) is 12.0 Å². The van der Waals surface area contributed by atoms with Crippen molar-refractivity contribution in [2.75, 3.05) is 5.32 Å². The number of nitrogens with one attached hydrogen (secondary N) is 1. The van der Waals surface area contributed by atoms with Crippen LogP contribution in [0.1, 0.15) is 29.6 Å². The minimum absolute atomic E-state index is 0.0256. The van der Waals surface area contributed by atoms with E-state index in [1.807, 2.05) is 0 Å². The Morgan fingerprint density at radius 3 is 2.68 bits per heavy atom. The summed E-state index contributed by atoms with van der Waals surface area (Å²) in [4.78, 5) is 22.2. The van der Waals surface area contributed by atoms with Crippen LogP contribution in [0, 0.1) is 5.92 Å². The number of amides is 1. The average Bonchev–Trinajstić information content (AvgIpc) is 2.77. The number of halogens is 1. The fourth-order valence-corrected chi connectivity index (χ4v) is 2.58. The van der Waals surface area contributed by atoms with Gasteiger partial charge in [0.15, 0.2) is 0 Å². The number of hydrogen-bond donors (Lipinski definition) is 3. The van der Waals surface area contributed by atoms with E-state index in [1.165, 1.54) is 0 Å². The first-order valence-electron chi connectivity index (χ1n) is 6.06. The number of anilines is 1. The summed E-state index contributed by atoms with van der Waals surface area (Å²) in [6.07, 6.45) is 1.93. The van der Waals surface area contributed by atoms with Crippen molar-refractivity contribution in [3.8, 4) is 0 Å². The SMILES string of the molecule is NC(=O)c1ccc(Cl)cc1NC1CCC(C(=O)O)C1. The van der Waals surface area contributed by atoms with E-state index < -0.39 is 11.9 Å². The Morgan fingerprint density at radius 1 is 1.37 bits per heavy atom. The van der Waals surface area contributed by atoms with Crippen LogP contribution in [0.2, 0.25) is 5.02 Å². The lowest BCUT2D eigenvalue weighted by molar-refractivity contribution is -0.141. The number of carbonyl (C=O) groups is 2. The van der Waals surface area contributed by atoms with Crippen molar-refractivity contribution < 1.29 is 14.7 Å². The summed E-state index contributed by atoms with van der Waals surface area (Å²) >= 11 is 5.90. The van der Waals surface area contributed by atoms with Gasteiger partial charge in [0.05, 0.1) is 11.5 Å². The zero-order valence-corrected chi connectivity index (χ0v) is 11.0. The molecule has 0 heterocycles. The largest absolute Gasteiger partial charge is 0.481 e. The first kappa shape index (κ1) is 13.7. The highest BCUT2D eigenvalue weighted by molar-refractivity contribution is 6.31. The lowest BCUT2D eigenvalue weighted by atomic mass is 10.1. The van der Waals surface area contributed by atoms with Crippen LogP contribution in [-0.4, -0.2) is 23.0 Å². The number of benzene rings is 1. The van der Waals surface area contributed by atoms with Gasteiger partial charge in [-0.15, -0.1) is 0 Å². The number of carboxylic acid groups (broad SMARTS) is 1. The van der Waals surface area contributed by atoms with Crippen LogP contribution >= 0.6 is 11.6 Å². The maximum atomic E-state index is 11.3. The monoisotopic (exact) mass is 282 g/mol. The van der Waals surface area contributed by atoms with Crippen LogP contribution in [0.3, 0.4) is 0 Å². The number of rotatable bonds is 4. The molecule has 5 nitrogen and oxygen atoms in total. The average molecular weight is 283 g/mol. The molecule has 0 saturated heterocycles. The Kier molecular flexibility index (Phi) is 3.95. The Labute approximate surface area is 115 Å². The quantitative estimate of drug-likeness (QED) is 0.788. The van der Waals surface area contributed by atoms with Gasteiger partial charge in [0.2, 0.25) is 0 Å². The second kappa shape index (κ2) is 5.48. The molecule has 1 aliphatic rings. The second-order valence-electron chi connectivity index (χ2n) is 4.74. The molecule has 2 atom stereocenters. The lowest BCUT2D eigenvalue weighted by Gasteiger charge is -2.16. The fourth-order valence-electron chi connectivity index (χ4n) is 2.41. The van der Waals surface area contributed by atoms with Crippen LogP contribution in [0.25, 0.3) is 0 Å². The highest BCUT2D eigenvalue weighted by Gasteiger charge is 2.30. The molecule has 1 aromatic rings. The van der Waals surface area contributed by atoms with Crippen molar-refractivity contribution in [2.24, 2.45) is 11.7 Å². The van der Waals surface area contributed by atoms with Crippen molar-refractivity contribution in [2.45, 2.75) is 25.3 Å². The van der Waals surface area contributed by atoms with Crippen molar-refractivity contribution in [1.82, 2.24) is 0 Å². The molecular weight excluding hydrogens is 268 g/mol. The van der Waals surface area contributed by atoms with E-state index >= 15 is 0 Å². The molecule has 1 fully saturated rings. The summed E-state index contributed by atoms with van der Waals surface area (Å²) < 4.78 is 0. The molecule has 4 N–H and O–H groups in total. The molecule has 6 heteroatoms. The highest BCUT2D eigenvalue weighted by Crippen LogP contribution is 2.30. The van der Waals surface area contributed by atoms with E-state index in [1.54, 1.807) is 18.2 Å². The third-order valence-electron chi connectivity index (χ3n) is 3.39. The summed E-state index contributed by atoms with van der Waals surface area (Å²) in [6, 6.07) is 4.83. The van der Waals surface area contributed by atoms with Crippen LogP contribution < -0.4 is 11.1 Å². The van der Waals surface area contributed by atoms with Crippen molar-refractivity contribution >= 4 is 29.2 Å². The van der Waals surface area contributed by atoms with Crippen LogP contribution in [0.5, 0.6) is 0 Å². The summed E-state index contributed by atoms with van der Waals surface area (Å²) in [5.41, 5.74) is 6.23. The molecule has 1 amide bonds. The van der Waals surface area contributed by atoms with Gasteiger partial charge in [-0.1, -0.05) is 11.6 Å². The summed E-state index contributed by atoms with van der Waals surface area (Å²) in [7, 11) is 0. The topological polar surface area (TPSA) is 92.4 Å². The van der Waals surface area contributed by atoms with E-state index in [0.717, 1.165) is 6.42 Å². The van der Waals surface area contributed by atoms with Gasteiger partial charge in [0.25, 0.3) is 5.91 Å². The van der Waals surface area contributed by atoms with Crippen LogP contribution in [-0.2, 0) is 4.79 Å². The van der Waals surface area contributed by atoms with Gasteiger partial charge in [0.1, 0.15) is 0 Å². The van der Waals surface area contributed by atoms with E-state index in [2.05, 4.69) is 5.32 Å². The molecular formula is C13H15ClN2O3. The molecule has 2 unspecified atom stereocenters. The van der Waals surface area contributed by atoms with Crippen molar-refractivity contribution in [1.29, 1.82) is 0 Å². The predicted molar refractivity (Wildman–Crippen MR) is 72.4 cm³/mol. The number of primary amides is 1. The second-order valence-corrected chi connectivity index (χ2v) is 5.18. The Bertz CT molecular complexity index is 519. The number of carboxylic acids is 1. The van der Waals surface area contributed by atoms with Gasteiger partial charge >= 0.3 is 5.97 Å². The van der Waals surface area contributed by atoms with Gasteiger partial charge < -0.3 is 16.2 Å². The van der Waals surface area contributed by atoms with E-state index in [9.17, 15) is 9.59 Å². The van der Waals surface area contributed by atoms with E-state index in [4.69, 9.17) is 22.4 Å². The molecule has 19 heavy (non-hydrogen) atoms. The minimum Gasteiger partial charge on any atom is -0.481 e. The third-order valence-corrected chi connectivity index (χ3v) is 3.62. The molecule has 102 valence electrons. The number of nitrogens with two attached hydrogens (primary N) is 1. The molecule has 0 spiro atoms. The van der Waals surface area contributed by atoms with E-state index in [0.29, 0.717) is 29.1 Å². The fraction of sp³-hybridized carbons (Fsp3) is 0.385. The van der Waals surface area contributed by atoms with Crippen LogP contribution in [0.15, 0.2) is 18.2 Å². The first-order chi connectivity index (χ1) is 8.97. The summed E-state index contributed by atoms with van der Waals surface area (Å²) in [5, 5.41) is 12.6. The van der Waals surface area contributed by atoms with Crippen LogP contribution in [0.4, 0.5) is 5.69 Å². The Hall–Kier alpha value is -1.75. The van der Waals surface area contributed by atoms with Gasteiger partial charge in [0, 0.05) is 16.8 Å². The first-order valence-corrected chi connectivity index (χ1v) is 6.44. The smallest absolute Gasteiger partial charge is 0.306 e. The maximum absolute atomic E-state index is 11.3. The molecule has 1 aromatic carbocycles. The molecule has 0 radical (unpaired) electrons. The normalized spacial score (nSPS) is 22.2. The van der Waals surface area contributed by atoms with Gasteiger partial charge in [-0.3, -0.25) is 9.59 Å². The van der Waals surface area contributed by atoms with Crippen molar-refractivity contribution in [3.63, 3.8) is 0 Å². The molecule has 0 aromatic heterocycles. The molecule has 0 aliphatic heterocycles. The lowest BCUT2D eigenvalue weighted by Crippen LogP contribution is -2.21. The minimum atomic E-state index is -0.773. The molecule has 2 rings (SSSR count). The number of hydrogen-bond acceptors (Lipinski definition) is 3. The molecule has 0 bridgehead atoms. The number of carbonyl (C=O) groups excluding carboxylic acids is 1. The van der Waals surface area contributed by atoms with Crippen molar-refractivity contribution in [3.05, 3.63) is 28.8 Å². The zero-order chi connectivity index (χ0) is 14.0. The molecule has 1 saturated carbocycles. The van der Waals surface area contributed by atoms with Gasteiger partial charge in [-0.2, -0.15) is 0 Å². The summed E-state index contributed by atoms with van der Waals surface area (Å²) in [6.45, 7) is 0. The highest BCUT2D eigenvalue weighted by atomic mass is 35.5. The Morgan fingerprint density at radius 2 is 2.11 bits per heavy atom. The predicted octanol–water partition coefficient (Wildman–Crippen LogP) is 2.10. The standard InChI is InChI=1S/C13H15ClN2O3/c14-8-2-4-10(12(15)17)11(6-8)16-9-3-1-7(5-9)13(18)19/h2,4,6-7,9,16H,1,3,5H2,(H2,15,17)(H,18,19). The summed E-state index contributed by atoms with van der Waals surface area (Å²) in [5.74, 6) is -1.63. The maximum Gasteiger partial charge on any atom is 0.306 e. The van der Waals surface area contributed by atoms with Gasteiger partial charge in [-0.25, -0.2) is 0 Å². The third kappa shape index (κ3) is 3.17. The van der Waals surface area contributed by atoms with Gasteiger partial charge in [-0.05, 0) is 37.5 Å². The number of aliphatic carboxylic acids is 1. The molecule has 1 aliphatic carbocycles.